The van der Waals surface area contributed by atoms with Crippen molar-refractivity contribution in [2.45, 2.75) is 59.3 Å². The van der Waals surface area contributed by atoms with Crippen LogP contribution in [0.3, 0.4) is 0 Å². The zero-order valence-corrected chi connectivity index (χ0v) is 11.5. The standard InChI is InChI=1S/C16H26O/c1-16(2,3)5-4-13-11-6-10-7-12(9-11)15(17)14(13)8-10/h10-14H,4-9H2,1-3H3/t10?,11?,12?,13-,14?/m1/s1. The van der Waals surface area contributed by atoms with Crippen molar-refractivity contribution in [3.8, 4) is 0 Å². The van der Waals surface area contributed by atoms with Crippen molar-refractivity contribution < 1.29 is 4.79 Å². The molecule has 0 aliphatic heterocycles. The van der Waals surface area contributed by atoms with Gasteiger partial charge >= 0.3 is 0 Å². The Balaban J connectivity index is 1.71. The average molecular weight is 234 g/mol. The molecule has 1 heteroatoms. The molecule has 4 rings (SSSR count). The lowest BCUT2D eigenvalue weighted by Gasteiger charge is -2.53. The predicted molar refractivity (Wildman–Crippen MR) is 69.6 cm³/mol. The first-order chi connectivity index (χ1) is 7.94. The Bertz CT molecular complexity index is 325. The third-order valence-corrected chi connectivity index (χ3v) is 5.55. The zero-order valence-electron chi connectivity index (χ0n) is 11.5. The van der Waals surface area contributed by atoms with Crippen molar-refractivity contribution in [2.75, 3.05) is 0 Å². The fourth-order valence-electron chi connectivity index (χ4n) is 4.79. The van der Waals surface area contributed by atoms with Gasteiger partial charge in [0.25, 0.3) is 0 Å². The number of hydrogen-bond donors (Lipinski definition) is 0. The molecule has 0 heterocycles. The van der Waals surface area contributed by atoms with Gasteiger partial charge in [0.1, 0.15) is 5.78 Å². The fourth-order valence-corrected chi connectivity index (χ4v) is 4.79. The van der Waals surface area contributed by atoms with E-state index in [0.29, 0.717) is 23.0 Å². The lowest BCUT2D eigenvalue weighted by Crippen LogP contribution is -2.51. The summed E-state index contributed by atoms with van der Waals surface area (Å²) in [6.07, 6.45) is 7.73. The van der Waals surface area contributed by atoms with E-state index in [4.69, 9.17) is 0 Å². The summed E-state index contributed by atoms with van der Waals surface area (Å²) in [7, 11) is 0. The molecule has 4 unspecified atom stereocenters. The molecule has 4 fully saturated rings. The number of hydrogen-bond acceptors (Lipinski definition) is 1. The number of ketones is 1. The van der Waals surface area contributed by atoms with Crippen molar-refractivity contribution >= 4 is 5.78 Å². The van der Waals surface area contributed by atoms with Crippen LogP contribution in [0, 0.1) is 35.0 Å². The summed E-state index contributed by atoms with van der Waals surface area (Å²) in [5, 5.41) is 0. The molecule has 5 atom stereocenters. The maximum Gasteiger partial charge on any atom is 0.139 e. The van der Waals surface area contributed by atoms with Crippen molar-refractivity contribution in [1.29, 1.82) is 0 Å². The summed E-state index contributed by atoms with van der Waals surface area (Å²) in [6.45, 7) is 6.97. The first kappa shape index (κ1) is 11.7. The molecule has 0 aromatic carbocycles. The van der Waals surface area contributed by atoms with Crippen LogP contribution in [0.5, 0.6) is 0 Å². The lowest BCUT2D eigenvalue weighted by atomic mass is 9.50. The SMILES string of the molecule is CC(C)(C)CC[C@@H]1C2CC3CC(C2)C(=O)C1C3. The molecule has 96 valence electrons. The molecule has 4 bridgehead atoms. The molecule has 0 aromatic rings. The highest BCUT2D eigenvalue weighted by Crippen LogP contribution is 2.56. The van der Waals surface area contributed by atoms with Crippen LogP contribution in [0.4, 0.5) is 0 Å². The molecule has 4 saturated carbocycles. The molecule has 0 N–H and O–H groups in total. The Morgan fingerprint density at radius 1 is 1.12 bits per heavy atom. The third-order valence-electron chi connectivity index (χ3n) is 5.55. The van der Waals surface area contributed by atoms with E-state index >= 15 is 0 Å². The van der Waals surface area contributed by atoms with Gasteiger partial charge < -0.3 is 0 Å². The summed E-state index contributed by atoms with van der Waals surface area (Å²) in [5.41, 5.74) is 0.428. The van der Waals surface area contributed by atoms with E-state index in [9.17, 15) is 4.79 Å². The van der Waals surface area contributed by atoms with Gasteiger partial charge in [-0.25, -0.2) is 0 Å². The molecule has 0 saturated heterocycles. The lowest BCUT2D eigenvalue weighted by molar-refractivity contribution is -0.147. The second kappa shape index (κ2) is 3.83. The van der Waals surface area contributed by atoms with Gasteiger partial charge in [-0.1, -0.05) is 20.8 Å². The highest BCUT2D eigenvalue weighted by Gasteiger charge is 2.52. The van der Waals surface area contributed by atoms with Gasteiger partial charge in [0.15, 0.2) is 0 Å². The Kier molecular flexibility index (Phi) is 2.65. The van der Waals surface area contributed by atoms with E-state index in [1.54, 1.807) is 0 Å². The minimum Gasteiger partial charge on any atom is -0.299 e. The number of Topliss-reactive ketones (excluding diaryl/α,β-unsaturated/α-hetero) is 1. The van der Waals surface area contributed by atoms with Gasteiger partial charge in [0.05, 0.1) is 0 Å². The van der Waals surface area contributed by atoms with Gasteiger partial charge in [-0.05, 0) is 61.7 Å². The quantitative estimate of drug-likeness (QED) is 0.704. The van der Waals surface area contributed by atoms with Crippen LogP contribution in [0.25, 0.3) is 0 Å². The predicted octanol–water partition coefficient (Wildman–Crippen LogP) is 4.06. The van der Waals surface area contributed by atoms with E-state index in [0.717, 1.165) is 17.8 Å². The van der Waals surface area contributed by atoms with Crippen LogP contribution in [0.2, 0.25) is 0 Å². The molecule has 0 aromatic heterocycles. The Hall–Kier alpha value is -0.330. The van der Waals surface area contributed by atoms with Gasteiger partial charge in [-0.2, -0.15) is 0 Å². The van der Waals surface area contributed by atoms with Crippen LogP contribution in [-0.4, -0.2) is 5.78 Å². The Labute approximate surface area is 105 Å². The Morgan fingerprint density at radius 2 is 1.88 bits per heavy atom. The van der Waals surface area contributed by atoms with E-state index in [1.165, 1.54) is 38.5 Å². The van der Waals surface area contributed by atoms with E-state index in [1.807, 2.05) is 0 Å². The first-order valence-corrected chi connectivity index (χ1v) is 7.48. The topological polar surface area (TPSA) is 17.1 Å². The van der Waals surface area contributed by atoms with E-state index in [-0.39, 0.29) is 0 Å². The molecule has 0 amide bonds. The monoisotopic (exact) mass is 234 g/mol. The van der Waals surface area contributed by atoms with Crippen molar-refractivity contribution in [1.82, 2.24) is 0 Å². The molecule has 0 radical (unpaired) electrons. The number of carbonyl (C=O) groups is 1. The van der Waals surface area contributed by atoms with Crippen LogP contribution >= 0.6 is 0 Å². The van der Waals surface area contributed by atoms with Gasteiger partial charge in [-0.15, -0.1) is 0 Å². The maximum absolute atomic E-state index is 12.3. The maximum atomic E-state index is 12.3. The average Bonchev–Trinajstić information content (AvgIpc) is 2.22. The highest BCUT2D eigenvalue weighted by molar-refractivity contribution is 5.85. The van der Waals surface area contributed by atoms with Gasteiger partial charge in [0, 0.05) is 11.8 Å². The molecule has 0 spiro atoms. The molecule has 1 nitrogen and oxygen atoms in total. The minimum atomic E-state index is 0.428. The largest absolute Gasteiger partial charge is 0.299 e. The zero-order chi connectivity index (χ0) is 12.2. The summed E-state index contributed by atoms with van der Waals surface area (Å²) in [4.78, 5) is 12.3. The van der Waals surface area contributed by atoms with Gasteiger partial charge in [0.2, 0.25) is 0 Å². The minimum absolute atomic E-state index is 0.428. The summed E-state index contributed by atoms with van der Waals surface area (Å²) in [6, 6.07) is 0. The van der Waals surface area contributed by atoms with Gasteiger partial charge in [-0.3, -0.25) is 4.79 Å². The normalized spacial score (nSPS) is 44.4. The third kappa shape index (κ3) is 2.06. The van der Waals surface area contributed by atoms with Crippen molar-refractivity contribution in [2.24, 2.45) is 35.0 Å². The van der Waals surface area contributed by atoms with Crippen LogP contribution < -0.4 is 0 Å². The second-order valence-electron chi connectivity index (χ2n) is 8.04. The second-order valence-corrected chi connectivity index (χ2v) is 8.04. The summed E-state index contributed by atoms with van der Waals surface area (Å²) in [5.74, 6) is 4.15. The summed E-state index contributed by atoms with van der Waals surface area (Å²) >= 11 is 0. The van der Waals surface area contributed by atoms with Crippen LogP contribution in [-0.2, 0) is 4.79 Å². The van der Waals surface area contributed by atoms with Crippen molar-refractivity contribution in [3.05, 3.63) is 0 Å². The fraction of sp³-hybridized carbons (Fsp3) is 0.938. The van der Waals surface area contributed by atoms with E-state index < -0.39 is 0 Å². The molecule has 4 aliphatic rings. The van der Waals surface area contributed by atoms with Crippen LogP contribution in [0.1, 0.15) is 59.3 Å². The smallest absolute Gasteiger partial charge is 0.139 e. The number of carbonyl (C=O) groups excluding carboxylic acids is 1. The molecule has 17 heavy (non-hydrogen) atoms. The van der Waals surface area contributed by atoms with E-state index in [2.05, 4.69) is 20.8 Å². The van der Waals surface area contributed by atoms with Crippen LogP contribution in [0.15, 0.2) is 0 Å². The highest BCUT2D eigenvalue weighted by atomic mass is 16.1. The molecular weight excluding hydrogens is 208 g/mol. The number of rotatable bonds is 2. The first-order valence-electron chi connectivity index (χ1n) is 7.48. The summed E-state index contributed by atoms with van der Waals surface area (Å²) < 4.78 is 0. The van der Waals surface area contributed by atoms with Crippen molar-refractivity contribution in [3.63, 3.8) is 0 Å². The Morgan fingerprint density at radius 3 is 2.59 bits per heavy atom. The molecular formula is C16H26O. The molecule has 4 aliphatic carbocycles.